The monoisotopic (exact) mass is 364 g/mol. The fourth-order valence-corrected chi connectivity index (χ4v) is 5.07. The van der Waals surface area contributed by atoms with Crippen molar-refractivity contribution < 1.29 is 18.6 Å². The van der Waals surface area contributed by atoms with Gasteiger partial charge in [0.05, 0.1) is 12.8 Å². The Morgan fingerprint density at radius 1 is 1.20 bits per heavy atom. The Hall–Kier alpha value is -1.93. The molecule has 0 aliphatic carbocycles. The van der Waals surface area contributed by atoms with Crippen molar-refractivity contribution in [3.05, 3.63) is 48.5 Å². The van der Waals surface area contributed by atoms with Gasteiger partial charge in [0.25, 0.3) is 0 Å². The van der Waals surface area contributed by atoms with Crippen LogP contribution in [0.25, 0.3) is 0 Å². The molecule has 25 heavy (non-hydrogen) atoms. The van der Waals surface area contributed by atoms with E-state index in [1.807, 2.05) is 31.2 Å². The summed E-state index contributed by atoms with van der Waals surface area (Å²) in [4.78, 5) is 0. The van der Waals surface area contributed by atoms with E-state index in [4.69, 9.17) is 15.2 Å². The van der Waals surface area contributed by atoms with Crippen molar-refractivity contribution in [1.82, 2.24) is 0 Å². The molecule has 2 atom stereocenters. The van der Waals surface area contributed by atoms with Crippen LogP contribution in [-0.2, 0) is 0 Å². The largest absolute Gasteiger partial charge is 0.497 e. The first-order valence-electron chi connectivity index (χ1n) is 8.16. The van der Waals surface area contributed by atoms with E-state index < -0.39 is 16.2 Å². The summed E-state index contributed by atoms with van der Waals surface area (Å²) in [5.74, 6) is 1.22. The predicted molar refractivity (Wildman–Crippen MR) is 102 cm³/mol. The molecule has 136 valence electrons. The summed E-state index contributed by atoms with van der Waals surface area (Å²) in [6.07, 6.45) is 0.638. The van der Waals surface area contributed by atoms with E-state index in [9.17, 15) is 9.11 Å². The van der Waals surface area contributed by atoms with Crippen molar-refractivity contribution in [1.29, 1.82) is 0 Å². The summed E-state index contributed by atoms with van der Waals surface area (Å²) in [6, 6.07) is 14.6. The smallest absolute Gasteiger partial charge is 0.209 e. The summed E-state index contributed by atoms with van der Waals surface area (Å²) in [7, 11) is -1.66. The van der Waals surface area contributed by atoms with Crippen molar-refractivity contribution in [2.75, 3.05) is 18.0 Å². The summed E-state index contributed by atoms with van der Waals surface area (Å²) in [6.45, 7) is 2.38. The minimum Gasteiger partial charge on any atom is -0.497 e. The Kier molecular flexibility index (Phi) is 5.10. The van der Waals surface area contributed by atoms with Gasteiger partial charge in [-0.2, -0.15) is 0 Å². The highest BCUT2D eigenvalue weighted by molar-refractivity contribution is 8.26. The maximum atomic E-state index is 11.1. The third kappa shape index (κ3) is 3.28. The van der Waals surface area contributed by atoms with E-state index in [0.717, 1.165) is 0 Å². The van der Waals surface area contributed by atoms with E-state index >= 15 is 0 Å². The lowest BCUT2D eigenvalue weighted by atomic mass is 10.1. The van der Waals surface area contributed by atoms with Crippen LogP contribution >= 0.6 is 10.8 Å². The van der Waals surface area contributed by atoms with Gasteiger partial charge in [-0.15, -0.1) is 0 Å². The molecule has 0 saturated carbocycles. The molecule has 1 aliphatic rings. The zero-order valence-electron chi connectivity index (χ0n) is 14.3. The number of rotatable bonds is 5. The lowest BCUT2D eigenvalue weighted by Gasteiger charge is -2.53. The van der Waals surface area contributed by atoms with Gasteiger partial charge in [-0.05, 0) is 49.4 Å². The molecule has 0 bridgehead atoms. The number of anilines is 2. The van der Waals surface area contributed by atoms with Crippen LogP contribution in [0.4, 0.5) is 11.4 Å². The summed E-state index contributed by atoms with van der Waals surface area (Å²) in [5, 5.41) is 0. The highest BCUT2D eigenvalue weighted by Gasteiger charge is 2.43. The Morgan fingerprint density at radius 2 is 1.88 bits per heavy atom. The maximum absolute atomic E-state index is 11.1. The number of ether oxygens (including phenoxy) is 2. The summed E-state index contributed by atoms with van der Waals surface area (Å²) < 4.78 is 34.9. The molecule has 0 fully saturated rings. The second-order valence-electron chi connectivity index (χ2n) is 6.06. The molecule has 0 radical (unpaired) electrons. The van der Waals surface area contributed by atoms with Gasteiger partial charge in [0.15, 0.2) is 0 Å². The zero-order chi connectivity index (χ0) is 18.0. The number of methoxy groups -OCH3 is 1. The third-order valence-corrected chi connectivity index (χ3v) is 6.43. The zero-order valence-corrected chi connectivity index (χ0v) is 15.1. The molecule has 1 heterocycles. The van der Waals surface area contributed by atoms with E-state index in [2.05, 4.69) is 0 Å². The number of fused-ring (bicyclic) bond motifs is 1. The molecule has 0 amide bonds. The molecule has 6 nitrogen and oxygen atoms in total. The van der Waals surface area contributed by atoms with Crippen LogP contribution in [0.1, 0.15) is 13.3 Å². The highest BCUT2D eigenvalue weighted by Crippen LogP contribution is 2.62. The Morgan fingerprint density at radius 3 is 2.52 bits per heavy atom. The second-order valence-corrected chi connectivity index (χ2v) is 8.01. The minimum absolute atomic E-state index is 0.107. The molecule has 0 aromatic heterocycles. The van der Waals surface area contributed by atoms with Gasteiger partial charge in [-0.3, -0.25) is 9.11 Å². The maximum Gasteiger partial charge on any atom is 0.209 e. The summed E-state index contributed by atoms with van der Waals surface area (Å²) >= 11 is 0. The van der Waals surface area contributed by atoms with Crippen LogP contribution in [0.2, 0.25) is 0 Å². The number of nitrogens with two attached hydrogens (primary N) is 1. The number of hydrogen-bond donors (Lipinski definition) is 3. The van der Waals surface area contributed by atoms with E-state index in [-0.39, 0.29) is 5.92 Å². The van der Waals surface area contributed by atoms with Crippen LogP contribution in [0, 0.1) is 5.92 Å². The number of benzene rings is 2. The molecule has 0 spiro atoms. The minimum atomic E-state index is -3.26. The Bertz CT molecular complexity index is 723. The van der Waals surface area contributed by atoms with Gasteiger partial charge in [0.2, 0.25) is 5.44 Å². The van der Waals surface area contributed by atoms with Crippen molar-refractivity contribution in [3.63, 3.8) is 0 Å². The van der Waals surface area contributed by atoms with Gasteiger partial charge in [-0.25, -0.2) is 4.31 Å². The number of para-hydroxylation sites is 2. The Balaban J connectivity index is 2.08. The molecular formula is C18H24N2O4S. The van der Waals surface area contributed by atoms with E-state index in [0.29, 0.717) is 35.8 Å². The SMILES string of the molecule is COc1ccc(N2c3ccccc3OC(C(C)CCN)S2(O)O)cc1. The number of hydrogen-bond acceptors (Lipinski definition) is 6. The standard InChI is InChI=1S/C18H24N2O4S/c1-13(11-12-19)18-24-17-6-4-3-5-16(17)20(25(18,21)22)14-7-9-15(23-2)10-8-14/h3-10,13,18,21-22H,11-12,19H2,1-2H3. The average molecular weight is 364 g/mol. The second kappa shape index (κ2) is 7.13. The summed E-state index contributed by atoms with van der Waals surface area (Å²) in [5.41, 5.74) is 6.20. The first kappa shape index (κ1) is 17.9. The average Bonchev–Trinajstić information content (AvgIpc) is 2.61. The van der Waals surface area contributed by atoms with Crippen LogP contribution in [-0.4, -0.2) is 28.2 Å². The van der Waals surface area contributed by atoms with E-state index in [1.165, 1.54) is 0 Å². The fourth-order valence-electron chi connectivity index (χ4n) is 3.00. The van der Waals surface area contributed by atoms with Crippen molar-refractivity contribution in [2.45, 2.75) is 18.8 Å². The first-order valence-corrected chi connectivity index (χ1v) is 9.73. The van der Waals surface area contributed by atoms with Crippen LogP contribution in [0.3, 0.4) is 0 Å². The lowest BCUT2D eigenvalue weighted by Crippen LogP contribution is -2.43. The molecular weight excluding hydrogens is 340 g/mol. The quantitative estimate of drug-likeness (QED) is 0.737. The van der Waals surface area contributed by atoms with Crippen molar-refractivity contribution in [3.8, 4) is 11.5 Å². The molecule has 7 heteroatoms. The first-order chi connectivity index (χ1) is 12.0. The number of nitrogens with zero attached hydrogens (tertiary/aromatic N) is 1. The van der Waals surface area contributed by atoms with Gasteiger partial charge in [0.1, 0.15) is 17.2 Å². The normalized spacial score (nSPS) is 21.0. The third-order valence-electron chi connectivity index (χ3n) is 4.30. The molecule has 0 saturated heterocycles. The highest BCUT2D eigenvalue weighted by atomic mass is 32.3. The molecule has 2 unspecified atom stereocenters. The van der Waals surface area contributed by atoms with E-state index in [1.54, 1.807) is 35.7 Å². The van der Waals surface area contributed by atoms with Gasteiger partial charge in [0, 0.05) is 5.92 Å². The molecule has 3 rings (SSSR count). The fraction of sp³-hybridized carbons (Fsp3) is 0.333. The van der Waals surface area contributed by atoms with Gasteiger partial charge in [-0.1, -0.05) is 29.8 Å². The molecule has 2 aromatic carbocycles. The van der Waals surface area contributed by atoms with Crippen LogP contribution < -0.4 is 19.5 Å². The molecule has 1 aliphatic heterocycles. The van der Waals surface area contributed by atoms with Crippen LogP contribution in [0.5, 0.6) is 11.5 Å². The van der Waals surface area contributed by atoms with Crippen molar-refractivity contribution >= 4 is 22.2 Å². The Labute approximate surface area is 149 Å². The van der Waals surface area contributed by atoms with Crippen LogP contribution in [0.15, 0.2) is 48.5 Å². The van der Waals surface area contributed by atoms with Gasteiger partial charge >= 0.3 is 0 Å². The van der Waals surface area contributed by atoms with Gasteiger partial charge < -0.3 is 15.2 Å². The molecule has 4 N–H and O–H groups in total. The lowest BCUT2D eigenvalue weighted by molar-refractivity contribution is 0.189. The topological polar surface area (TPSA) is 88.2 Å². The predicted octanol–water partition coefficient (Wildman–Crippen LogP) is 4.20. The molecule has 2 aromatic rings. The van der Waals surface area contributed by atoms with Crippen molar-refractivity contribution in [2.24, 2.45) is 11.7 Å².